The van der Waals surface area contributed by atoms with Crippen molar-refractivity contribution in [3.8, 4) is 11.9 Å². The molecule has 1 N–H and O–H groups in total. The summed E-state index contributed by atoms with van der Waals surface area (Å²) >= 11 is 0. The van der Waals surface area contributed by atoms with Crippen LogP contribution in [0.5, 0.6) is 5.88 Å². The molecule has 1 atom stereocenters. The summed E-state index contributed by atoms with van der Waals surface area (Å²) in [5, 5.41) is 27.9. The predicted octanol–water partition coefficient (Wildman–Crippen LogP) is 3.64. The lowest BCUT2D eigenvalue weighted by Crippen LogP contribution is -2.27. The van der Waals surface area contributed by atoms with Gasteiger partial charge in [-0.25, -0.2) is 0 Å². The van der Waals surface area contributed by atoms with E-state index >= 15 is 0 Å². The van der Waals surface area contributed by atoms with Gasteiger partial charge in [-0.1, -0.05) is 17.7 Å². The van der Waals surface area contributed by atoms with Gasteiger partial charge in [-0.3, -0.25) is 9.36 Å². The number of ether oxygens (including phenoxy) is 1. The van der Waals surface area contributed by atoms with Gasteiger partial charge in [0.2, 0.25) is 5.88 Å². The minimum Gasteiger partial charge on any atom is -0.493 e. The summed E-state index contributed by atoms with van der Waals surface area (Å²) in [6, 6.07) is 9.34. The molecule has 3 rings (SSSR count). The second kappa shape index (κ2) is 7.50. The molecule has 2 aromatic rings. The average molecular weight is 352 g/mol. The Labute approximate surface area is 151 Å². The number of aryl methyl sites for hydroxylation is 1. The van der Waals surface area contributed by atoms with E-state index in [1.54, 1.807) is 19.1 Å². The van der Waals surface area contributed by atoms with E-state index in [2.05, 4.69) is 10.2 Å². The van der Waals surface area contributed by atoms with Crippen LogP contribution >= 0.6 is 0 Å². The highest BCUT2D eigenvalue weighted by Gasteiger charge is 2.23. The lowest BCUT2D eigenvalue weighted by Gasteiger charge is -2.16. The first-order valence-corrected chi connectivity index (χ1v) is 8.47. The smallest absolute Gasteiger partial charge is 0.281 e. The third-order valence-electron chi connectivity index (χ3n) is 4.48. The lowest BCUT2D eigenvalue weighted by atomic mass is 10.1. The molecule has 26 heavy (non-hydrogen) atoms. The number of aromatic nitrogens is 1. The number of rotatable bonds is 4. The first-order chi connectivity index (χ1) is 12.5. The zero-order chi connectivity index (χ0) is 18.7. The van der Waals surface area contributed by atoms with Gasteiger partial charge in [0.15, 0.2) is 5.69 Å². The molecule has 1 aromatic carbocycles. The van der Waals surface area contributed by atoms with E-state index in [1.165, 1.54) is 0 Å². The molecule has 0 bridgehead atoms. The highest BCUT2D eigenvalue weighted by molar-refractivity contribution is 5.56. The first kappa shape index (κ1) is 17.8. The number of hydrogen-bond acceptors (Lipinski definition) is 6. The van der Waals surface area contributed by atoms with Crippen molar-refractivity contribution in [2.75, 3.05) is 6.61 Å². The van der Waals surface area contributed by atoms with Crippen LogP contribution in [0.3, 0.4) is 0 Å². The highest BCUT2D eigenvalue weighted by Crippen LogP contribution is 2.28. The molecule has 2 heterocycles. The van der Waals surface area contributed by atoms with Gasteiger partial charge < -0.3 is 9.84 Å². The number of benzene rings is 1. The number of azo groups is 1. The molecule has 1 aliphatic heterocycles. The minimum absolute atomic E-state index is 0.0282. The molecule has 0 radical (unpaired) electrons. The fourth-order valence-corrected chi connectivity index (χ4v) is 2.94. The SMILES string of the molecule is Cc1ccc(N=Nc2c(C)c(C#N)c(O)n(CC3CCCO3)c2=O)cc1. The van der Waals surface area contributed by atoms with Gasteiger partial charge in [-0.2, -0.15) is 10.4 Å². The zero-order valence-electron chi connectivity index (χ0n) is 14.8. The summed E-state index contributed by atoms with van der Waals surface area (Å²) in [6.07, 6.45) is 1.56. The van der Waals surface area contributed by atoms with Crippen molar-refractivity contribution in [2.24, 2.45) is 10.2 Å². The number of nitrogens with zero attached hydrogens (tertiary/aromatic N) is 4. The van der Waals surface area contributed by atoms with Crippen molar-refractivity contribution in [2.45, 2.75) is 39.3 Å². The second-order valence-electron chi connectivity index (χ2n) is 6.37. The van der Waals surface area contributed by atoms with Crippen molar-refractivity contribution in [1.29, 1.82) is 5.26 Å². The summed E-state index contributed by atoms with van der Waals surface area (Å²) in [5.74, 6) is -0.347. The topological polar surface area (TPSA) is 100.0 Å². The molecule has 134 valence electrons. The lowest BCUT2D eigenvalue weighted by molar-refractivity contribution is 0.0939. The molecule has 1 aromatic heterocycles. The summed E-state index contributed by atoms with van der Waals surface area (Å²) in [5.41, 5.74) is 1.61. The fourth-order valence-electron chi connectivity index (χ4n) is 2.94. The Balaban J connectivity index is 2.04. The average Bonchev–Trinajstić information content (AvgIpc) is 3.14. The van der Waals surface area contributed by atoms with Crippen LogP contribution in [0.4, 0.5) is 11.4 Å². The molecule has 1 aliphatic rings. The van der Waals surface area contributed by atoms with E-state index in [0.717, 1.165) is 23.0 Å². The third-order valence-corrected chi connectivity index (χ3v) is 4.48. The molecule has 7 heteroatoms. The molecule has 1 saturated heterocycles. The Bertz CT molecular complexity index is 933. The molecule has 0 aliphatic carbocycles. The van der Waals surface area contributed by atoms with Crippen LogP contribution in [0, 0.1) is 25.2 Å². The molecule has 1 fully saturated rings. The summed E-state index contributed by atoms with van der Waals surface area (Å²) < 4.78 is 6.70. The Hall–Kier alpha value is -2.98. The normalized spacial score (nSPS) is 16.9. The molecular formula is C19H20N4O3. The maximum absolute atomic E-state index is 12.8. The van der Waals surface area contributed by atoms with E-state index in [1.807, 2.05) is 25.1 Å². The van der Waals surface area contributed by atoms with Crippen LogP contribution < -0.4 is 5.56 Å². The van der Waals surface area contributed by atoms with Crippen LogP contribution in [0.25, 0.3) is 0 Å². The van der Waals surface area contributed by atoms with Crippen molar-refractivity contribution < 1.29 is 9.84 Å². The molecular weight excluding hydrogens is 332 g/mol. The Kier molecular flexibility index (Phi) is 5.14. The van der Waals surface area contributed by atoms with E-state index in [4.69, 9.17) is 4.74 Å². The maximum Gasteiger partial charge on any atom is 0.281 e. The highest BCUT2D eigenvalue weighted by atomic mass is 16.5. The van der Waals surface area contributed by atoms with Crippen molar-refractivity contribution >= 4 is 11.4 Å². The van der Waals surface area contributed by atoms with E-state index in [-0.39, 0.29) is 29.8 Å². The van der Waals surface area contributed by atoms with Gasteiger partial charge >= 0.3 is 0 Å². The van der Waals surface area contributed by atoms with Gasteiger partial charge in [0.05, 0.1) is 18.3 Å². The Morgan fingerprint density at radius 3 is 2.65 bits per heavy atom. The van der Waals surface area contributed by atoms with Crippen LogP contribution in [0.1, 0.15) is 29.5 Å². The third kappa shape index (κ3) is 3.51. The van der Waals surface area contributed by atoms with E-state index in [9.17, 15) is 15.2 Å². The molecule has 0 saturated carbocycles. The van der Waals surface area contributed by atoms with Gasteiger partial charge in [-0.05, 0) is 38.8 Å². The maximum atomic E-state index is 12.8. The van der Waals surface area contributed by atoms with Crippen LogP contribution in [0.15, 0.2) is 39.3 Å². The number of pyridine rings is 1. The molecule has 0 amide bonds. The molecule has 7 nitrogen and oxygen atoms in total. The first-order valence-electron chi connectivity index (χ1n) is 8.47. The zero-order valence-corrected chi connectivity index (χ0v) is 14.8. The number of hydrogen-bond donors (Lipinski definition) is 1. The van der Waals surface area contributed by atoms with Crippen LogP contribution in [-0.2, 0) is 11.3 Å². The summed E-state index contributed by atoms with van der Waals surface area (Å²) in [7, 11) is 0. The Morgan fingerprint density at radius 2 is 2.04 bits per heavy atom. The van der Waals surface area contributed by atoms with Crippen molar-refractivity contribution in [3.63, 3.8) is 0 Å². The quantitative estimate of drug-likeness (QED) is 0.849. The Morgan fingerprint density at radius 1 is 1.31 bits per heavy atom. The fraction of sp³-hybridized carbons (Fsp3) is 0.368. The standard InChI is InChI=1S/C19H20N4O3/c1-12-5-7-14(8-6-12)21-22-17-13(2)16(10-20)18(24)23(19(17)25)11-15-4-3-9-26-15/h5-8,15,24H,3-4,9,11H2,1-2H3. The predicted molar refractivity (Wildman–Crippen MR) is 96.1 cm³/mol. The van der Waals surface area contributed by atoms with Gasteiger partial charge in [0.25, 0.3) is 5.56 Å². The second-order valence-corrected chi connectivity index (χ2v) is 6.37. The summed E-state index contributed by atoms with van der Waals surface area (Å²) in [4.78, 5) is 12.8. The van der Waals surface area contributed by atoms with Gasteiger partial charge in [0, 0.05) is 12.2 Å². The van der Waals surface area contributed by atoms with Gasteiger partial charge in [0.1, 0.15) is 11.6 Å². The van der Waals surface area contributed by atoms with Crippen LogP contribution in [0.2, 0.25) is 0 Å². The minimum atomic E-state index is -0.481. The number of aromatic hydroxyl groups is 1. The number of nitriles is 1. The van der Waals surface area contributed by atoms with E-state index < -0.39 is 5.56 Å². The molecule has 0 spiro atoms. The molecule has 1 unspecified atom stereocenters. The largest absolute Gasteiger partial charge is 0.493 e. The monoisotopic (exact) mass is 352 g/mol. The summed E-state index contributed by atoms with van der Waals surface area (Å²) in [6.45, 7) is 4.37. The van der Waals surface area contributed by atoms with Crippen molar-refractivity contribution in [1.82, 2.24) is 4.57 Å². The van der Waals surface area contributed by atoms with E-state index in [0.29, 0.717) is 17.9 Å². The van der Waals surface area contributed by atoms with Crippen molar-refractivity contribution in [3.05, 3.63) is 51.3 Å². The van der Waals surface area contributed by atoms with Gasteiger partial charge in [-0.15, -0.1) is 5.11 Å². The van der Waals surface area contributed by atoms with Crippen LogP contribution in [-0.4, -0.2) is 22.4 Å².